The van der Waals surface area contributed by atoms with E-state index >= 15 is 0 Å². The number of amides is 1. The number of benzene rings is 3. The fourth-order valence-electron chi connectivity index (χ4n) is 4.48. The Kier molecular flexibility index (Phi) is 8.24. The van der Waals surface area contributed by atoms with Crippen molar-refractivity contribution >= 4 is 40.9 Å². The highest BCUT2D eigenvalue weighted by Crippen LogP contribution is 2.40. The van der Waals surface area contributed by atoms with Crippen molar-refractivity contribution in [3.8, 4) is 5.75 Å². The van der Waals surface area contributed by atoms with Crippen LogP contribution in [0.1, 0.15) is 43.0 Å². The molecule has 2 heterocycles. The molecule has 0 aliphatic carbocycles. The van der Waals surface area contributed by atoms with E-state index in [2.05, 4.69) is 17.6 Å². The zero-order valence-electron chi connectivity index (χ0n) is 22.1. The lowest BCUT2D eigenvalue weighted by Gasteiger charge is -2.30. The van der Waals surface area contributed by atoms with Gasteiger partial charge in [-0.25, -0.2) is 4.68 Å². The van der Waals surface area contributed by atoms with E-state index in [1.54, 1.807) is 16.4 Å². The minimum Gasteiger partial charge on any atom is -0.488 e. The number of carbonyl (C=O) groups is 1. The third-order valence-electron chi connectivity index (χ3n) is 6.46. The van der Waals surface area contributed by atoms with Gasteiger partial charge in [0.1, 0.15) is 18.4 Å². The second-order valence-corrected chi connectivity index (χ2v) is 10.7. The number of para-hydroxylation sites is 2. The minimum atomic E-state index is -0.559. The highest BCUT2D eigenvalue weighted by atomic mass is 35.5. The Labute approximate surface area is 237 Å². The van der Waals surface area contributed by atoms with Gasteiger partial charge in [0.15, 0.2) is 0 Å². The first-order valence-electron chi connectivity index (χ1n) is 12.9. The number of allylic oxidation sites excluding steroid dienone is 1. The highest BCUT2D eigenvalue weighted by molar-refractivity contribution is 7.99. The molecule has 1 amide bonds. The zero-order chi connectivity index (χ0) is 27.4. The SMILES string of the molecule is CCCSc1nc2n(n1)C(c1ccccc1OCc1ccccc1Cl)C(C(=O)Nc1ccccc1C)=C(C)N2. The number of rotatable bonds is 9. The molecule has 1 aliphatic rings. The van der Waals surface area contributed by atoms with Gasteiger partial charge in [-0.3, -0.25) is 4.79 Å². The van der Waals surface area contributed by atoms with Gasteiger partial charge in [-0.15, -0.1) is 5.10 Å². The maximum absolute atomic E-state index is 13.9. The Bertz CT molecular complexity index is 1530. The number of aryl methyl sites for hydroxylation is 1. The maximum Gasteiger partial charge on any atom is 0.255 e. The summed E-state index contributed by atoms with van der Waals surface area (Å²) in [6.45, 7) is 6.27. The lowest BCUT2D eigenvalue weighted by molar-refractivity contribution is -0.113. The van der Waals surface area contributed by atoms with Crippen molar-refractivity contribution in [1.29, 1.82) is 0 Å². The van der Waals surface area contributed by atoms with Crippen LogP contribution in [0.3, 0.4) is 0 Å². The predicted octanol–water partition coefficient (Wildman–Crippen LogP) is 7.25. The topological polar surface area (TPSA) is 81.1 Å². The predicted molar refractivity (Wildman–Crippen MR) is 158 cm³/mol. The van der Waals surface area contributed by atoms with Crippen LogP contribution in [0.5, 0.6) is 5.75 Å². The summed E-state index contributed by atoms with van der Waals surface area (Å²) in [6.07, 6.45) is 1.01. The van der Waals surface area contributed by atoms with Crippen molar-refractivity contribution in [2.24, 2.45) is 0 Å². The summed E-state index contributed by atoms with van der Waals surface area (Å²) >= 11 is 7.98. The molecule has 1 aliphatic heterocycles. The summed E-state index contributed by atoms with van der Waals surface area (Å²) < 4.78 is 8.11. The van der Waals surface area contributed by atoms with Crippen molar-refractivity contribution in [2.75, 3.05) is 16.4 Å². The summed E-state index contributed by atoms with van der Waals surface area (Å²) in [7, 11) is 0. The van der Waals surface area contributed by atoms with Crippen LogP contribution in [-0.2, 0) is 11.4 Å². The first kappa shape index (κ1) is 26.8. The molecule has 4 aromatic rings. The van der Waals surface area contributed by atoms with E-state index in [1.807, 2.05) is 86.6 Å². The number of aromatic nitrogens is 3. The van der Waals surface area contributed by atoms with Gasteiger partial charge in [0, 0.05) is 33.3 Å². The normalized spacial score (nSPS) is 14.5. The van der Waals surface area contributed by atoms with E-state index in [4.69, 9.17) is 26.4 Å². The summed E-state index contributed by atoms with van der Waals surface area (Å²) in [5.74, 6) is 1.91. The van der Waals surface area contributed by atoms with E-state index < -0.39 is 6.04 Å². The van der Waals surface area contributed by atoms with Gasteiger partial charge < -0.3 is 15.4 Å². The number of anilines is 2. The smallest absolute Gasteiger partial charge is 0.255 e. The summed E-state index contributed by atoms with van der Waals surface area (Å²) in [4.78, 5) is 18.6. The van der Waals surface area contributed by atoms with Crippen molar-refractivity contribution in [3.05, 3.63) is 106 Å². The molecule has 5 rings (SSSR count). The molecule has 2 N–H and O–H groups in total. The van der Waals surface area contributed by atoms with Crippen molar-refractivity contribution in [1.82, 2.24) is 14.8 Å². The molecule has 200 valence electrons. The number of fused-ring (bicyclic) bond motifs is 1. The Balaban J connectivity index is 1.56. The molecule has 9 heteroatoms. The van der Waals surface area contributed by atoms with Crippen LogP contribution in [-0.4, -0.2) is 26.4 Å². The monoisotopic (exact) mass is 559 g/mol. The van der Waals surface area contributed by atoms with Crippen LogP contribution in [0.25, 0.3) is 0 Å². The summed E-state index contributed by atoms with van der Waals surface area (Å²) in [5, 5.41) is 12.5. The number of ether oxygens (including phenoxy) is 1. The highest BCUT2D eigenvalue weighted by Gasteiger charge is 2.36. The second kappa shape index (κ2) is 12.0. The van der Waals surface area contributed by atoms with Crippen LogP contribution in [0, 0.1) is 6.92 Å². The standard InChI is InChI=1S/C30H30ClN5O2S/c1-4-17-39-30-34-29-32-20(3)26(28(37)33-24-15-9-5-11-19(24)2)27(36(29)35-30)22-13-7-10-16-25(22)38-18-21-12-6-8-14-23(21)31/h5-16,27H,4,17-18H2,1-3H3,(H,33,37)(H,32,34,35). The van der Waals surface area contributed by atoms with Crippen molar-refractivity contribution in [3.63, 3.8) is 0 Å². The van der Waals surface area contributed by atoms with E-state index in [1.165, 1.54) is 0 Å². The molecule has 1 unspecified atom stereocenters. The largest absolute Gasteiger partial charge is 0.488 e. The fourth-order valence-corrected chi connectivity index (χ4v) is 5.35. The number of thioether (sulfide) groups is 1. The van der Waals surface area contributed by atoms with E-state index in [0.717, 1.165) is 34.6 Å². The summed E-state index contributed by atoms with van der Waals surface area (Å²) in [6, 6.07) is 22.5. The molecule has 0 bridgehead atoms. The molecule has 1 atom stereocenters. The van der Waals surface area contributed by atoms with Crippen LogP contribution in [0.2, 0.25) is 5.02 Å². The van der Waals surface area contributed by atoms with Gasteiger partial charge in [-0.1, -0.05) is 84.9 Å². The lowest BCUT2D eigenvalue weighted by Crippen LogP contribution is -2.32. The quantitative estimate of drug-likeness (QED) is 0.210. The van der Waals surface area contributed by atoms with E-state index in [0.29, 0.717) is 33.1 Å². The van der Waals surface area contributed by atoms with Crippen LogP contribution < -0.4 is 15.4 Å². The lowest BCUT2D eigenvalue weighted by atomic mass is 9.94. The van der Waals surface area contributed by atoms with Gasteiger partial charge in [-0.05, 0) is 44.0 Å². The van der Waals surface area contributed by atoms with E-state index in [-0.39, 0.29) is 12.5 Å². The number of halogens is 1. The number of hydrogen-bond donors (Lipinski definition) is 2. The second-order valence-electron chi connectivity index (χ2n) is 9.26. The molecule has 0 radical (unpaired) electrons. The minimum absolute atomic E-state index is 0.218. The fraction of sp³-hybridized carbons (Fsp3) is 0.233. The number of carbonyl (C=O) groups excluding carboxylic acids is 1. The first-order chi connectivity index (χ1) is 19.0. The van der Waals surface area contributed by atoms with Crippen molar-refractivity contribution in [2.45, 2.75) is 45.0 Å². The zero-order valence-corrected chi connectivity index (χ0v) is 23.6. The Hall–Kier alpha value is -3.75. The van der Waals surface area contributed by atoms with Crippen LogP contribution in [0.15, 0.2) is 89.2 Å². The number of hydrogen-bond acceptors (Lipinski definition) is 6. The first-order valence-corrected chi connectivity index (χ1v) is 14.2. The Morgan fingerprint density at radius 1 is 1.08 bits per heavy atom. The van der Waals surface area contributed by atoms with E-state index in [9.17, 15) is 4.79 Å². The molecule has 0 saturated carbocycles. The van der Waals surface area contributed by atoms with Gasteiger partial charge in [0.2, 0.25) is 11.1 Å². The van der Waals surface area contributed by atoms with Gasteiger partial charge in [0.25, 0.3) is 5.91 Å². The van der Waals surface area contributed by atoms with Crippen molar-refractivity contribution < 1.29 is 9.53 Å². The van der Waals surface area contributed by atoms with Crippen LogP contribution >= 0.6 is 23.4 Å². The third-order valence-corrected chi connectivity index (χ3v) is 7.87. The molecule has 3 aromatic carbocycles. The van der Waals surface area contributed by atoms with Crippen LogP contribution in [0.4, 0.5) is 11.6 Å². The summed E-state index contributed by atoms with van der Waals surface area (Å²) in [5.41, 5.74) is 4.66. The molecular formula is C30H30ClN5O2S. The molecule has 0 fully saturated rings. The Morgan fingerprint density at radius 3 is 2.62 bits per heavy atom. The molecule has 1 aromatic heterocycles. The number of nitrogens with one attached hydrogen (secondary N) is 2. The molecule has 7 nitrogen and oxygen atoms in total. The average Bonchev–Trinajstić information content (AvgIpc) is 3.34. The van der Waals surface area contributed by atoms with Gasteiger partial charge in [0.05, 0.1) is 5.57 Å². The van der Waals surface area contributed by atoms with Gasteiger partial charge >= 0.3 is 0 Å². The number of nitrogens with zero attached hydrogens (tertiary/aromatic N) is 3. The molecule has 0 spiro atoms. The molecule has 0 saturated heterocycles. The molecule has 39 heavy (non-hydrogen) atoms. The molecular weight excluding hydrogens is 530 g/mol. The maximum atomic E-state index is 13.9. The van der Waals surface area contributed by atoms with Gasteiger partial charge in [-0.2, -0.15) is 4.98 Å². The average molecular weight is 560 g/mol. The third kappa shape index (κ3) is 5.82. The Morgan fingerprint density at radius 2 is 1.82 bits per heavy atom.